The molecule has 0 unspecified atom stereocenters. The number of hydrogen-bond acceptors (Lipinski definition) is 5. The summed E-state index contributed by atoms with van der Waals surface area (Å²) in [5.41, 5.74) is 0. The fraction of sp³-hybridized carbons (Fsp3) is 0.333. The minimum absolute atomic E-state index is 0.0465. The minimum atomic E-state index is -0.501. The van der Waals surface area contributed by atoms with Crippen LogP contribution < -0.4 is 5.32 Å². The largest absolute Gasteiger partial charge is 0.460 e. The van der Waals surface area contributed by atoms with Gasteiger partial charge in [-0.2, -0.15) is 0 Å². The van der Waals surface area contributed by atoms with Crippen LogP contribution in [0.25, 0.3) is 0 Å². The first-order valence-electron chi connectivity index (χ1n) is 4.03. The Labute approximate surface area is 87.9 Å². The van der Waals surface area contributed by atoms with E-state index in [0.717, 1.165) is 12.2 Å². The van der Waals surface area contributed by atoms with Crippen molar-refractivity contribution in [3.63, 3.8) is 0 Å². The molecule has 0 heterocycles. The Morgan fingerprint density at radius 3 is 2.13 bits per heavy atom. The highest BCUT2D eigenvalue weighted by Gasteiger charge is 1.90. The Kier molecular flexibility index (Phi) is 13.0. The molecule has 0 saturated carbocycles. The first-order chi connectivity index (χ1) is 7.12. The number of rotatable bonds is 5. The number of carbonyl (C=O) groups is 2. The Hall–Kier alpha value is -1.66. The number of aliphatic hydroxyl groups is 2. The fourth-order valence-electron chi connectivity index (χ4n) is 0.355. The summed E-state index contributed by atoms with van der Waals surface area (Å²) in [5, 5.41) is 18.2. The molecule has 0 aliphatic heterocycles. The SMILES string of the molecule is C=CC(=O)NCO.C=CC(=O)OCCO. The molecule has 0 aliphatic rings. The van der Waals surface area contributed by atoms with Gasteiger partial charge in [0, 0.05) is 6.08 Å². The number of amides is 1. The summed E-state index contributed by atoms with van der Waals surface area (Å²) < 4.78 is 4.33. The first-order valence-corrected chi connectivity index (χ1v) is 4.03. The highest BCUT2D eigenvalue weighted by Crippen LogP contribution is 1.75. The van der Waals surface area contributed by atoms with E-state index >= 15 is 0 Å². The van der Waals surface area contributed by atoms with Gasteiger partial charge < -0.3 is 20.3 Å². The number of carbonyl (C=O) groups excluding carboxylic acids is 2. The molecular formula is C9H15NO5. The number of aliphatic hydroxyl groups excluding tert-OH is 2. The van der Waals surface area contributed by atoms with Crippen LogP contribution >= 0.6 is 0 Å². The maximum atomic E-state index is 10.1. The molecule has 0 aliphatic carbocycles. The van der Waals surface area contributed by atoms with Crippen LogP contribution in [0.3, 0.4) is 0 Å². The molecule has 1 amide bonds. The molecule has 0 spiro atoms. The van der Waals surface area contributed by atoms with E-state index in [2.05, 4.69) is 23.2 Å². The van der Waals surface area contributed by atoms with Gasteiger partial charge in [0.2, 0.25) is 5.91 Å². The van der Waals surface area contributed by atoms with Crippen LogP contribution in [-0.2, 0) is 14.3 Å². The van der Waals surface area contributed by atoms with E-state index in [1.54, 1.807) is 0 Å². The van der Waals surface area contributed by atoms with Crippen LogP contribution in [0.4, 0.5) is 0 Å². The number of esters is 1. The molecule has 0 fully saturated rings. The molecule has 0 rings (SSSR count). The first kappa shape index (κ1) is 15.8. The lowest BCUT2D eigenvalue weighted by Crippen LogP contribution is -2.20. The third kappa shape index (κ3) is 15.1. The van der Waals surface area contributed by atoms with Crippen LogP contribution in [-0.4, -0.2) is 42.0 Å². The average Bonchev–Trinajstić information content (AvgIpc) is 2.26. The summed E-state index contributed by atoms with van der Waals surface area (Å²) in [6.45, 7) is 5.89. The lowest BCUT2D eigenvalue weighted by atomic mass is 10.6. The number of nitrogens with one attached hydrogen (secondary N) is 1. The molecule has 0 aromatic carbocycles. The lowest BCUT2D eigenvalue weighted by Gasteiger charge is -1.94. The van der Waals surface area contributed by atoms with Crippen molar-refractivity contribution >= 4 is 11.9 Å². The van der Waals surface area contributed by atoms with Crippen LogP contribution in [0.15, 0.2) is 25.3 Å². The smallest absolute Gasteiger partial charge is 0.330 e. The van der Waals surface area contributed by atoms with Crippen molar-refractivity contribution in [1.29, 1.82) is 0 Å². The van der Waals surface area contributed by atoms with Gasteiger partial charge in [0.25, 0.3) is 0 Å². The van der Waals surface area contributed by atoms with Gasteiger partial charge in [-0.1, -0.05) is 13.2 Å². The molecule has 0 atom stereocenters. The zero-order valence-corrected chi connectivity index (χ0v) is 8.31. The van der Waals surface area contributed by atoms with Crippen LogP contribution in [0.1, 0.15) is 0 Å². The Bertz CT molecular complexity index is 215. The van der Waals surface area contributed by atoms with E-state index in [1.165, 1.54) is 0 Å². The third-order valence-electron chi connectivity index (χ3n) is 0.941. The highest BCUT2D eigenvalue weighted by molar-refractivity contribution is 5.86. The van der Waals surface area contributed by atoms with Crippen molar-refractivity contribution in [3.8, 4) is 0 Å². The van der Waals surface area contributed by atoms with Crippen LogP contribution in [0.2, 0.25) is 0 Å². The molecule has 0 saturated heterocycles. The van der Waals surface area contributed by atoms with Gasteiger partial charge in [-0.25, -0.2) is 4.79 Å². The normalized spacial score (nSPS) is 7.87. The van der Waals surface area contributed by atoms with Gasteiger partial charge in [-0.3, -0.25) is 4.79 Å². The van der Waals surface area contributed by atoms with Crippen molar-refractivity contribution in [2.75, 3.05) is 19.9 Å². The van der Waals surface area contributed by atoms with Crippen molar-refractivity contribution in [2.45, 2.75) is 0 Å². The molecule has 0 bridgehead atoms. The minimum Gasteiger partial charge on any atom is -0.460 e. The summed E-state index contributed by atoms with van der Waals surface area (Å²) in [6.07, 6.45) is 2.14. The summed E-state index contributed by atoms with van der Waals surface area (Å²) >= 11 is 0. The molecule has 0 radical (unpaired) electrons. The van der Waals surface area contributed by atoms with E-state index in [1.807, 2.05) is 0 Å². The van der Waals surface area contributed by atoms with Crippen LogP contribution in [0.5, 0.6) is 0 Å². The van der Waals surface area contributed by atoms with Crippen molar-refractivity contribution in [1.82, 2.24) is 5.32 Å². The van der Waals surface area contributed by atoms with Gasteiger partial charge in [0.05, 0.1) is 6.61 Å². The molecule has 0 aromatic rings. The number of ether oxygens (including phenoxy) is 1. The van der Waals surface area contributed by atoms with Gasteiger partial charge in [-0.15, -0.1) is 0 Å². The second kappa shape index (κ2) is 12.3. The molecule has 3 N–H and O–H groups in total. The average molecular weight is 217 g/mol. The second-order valence-corrected chi connectivity index (χ2v) is 2.00. The quantitative estimate of drug-likeness (QED) is 0.310. The van der Waals surface area contributed by atoms with Gasteiger partial charge in [0.15, 0.2) is 0 Å². The third-order valence-corrected chi connectivity index (χ3v) is 0.941. The summed E-state index contributed by atoms with van der Waals surface area (Å²) in [5.74, 6) is -0.860. The standard InChI is InChI=1S/C5H8O3.C4H7NO2/c1-2-5(7)8-4-3-6;1-2-4(7)5-3-6/h2,6H,1,3-4H2;2,6H,1,3H2,(H,5,7). The van der Waals surface area contributed by atoms with Crippen molar-refractivity contribution < 1.29 is 24.5 Å². The lowest BCUT2D eigenvalue weighted by molar-refractivity contribution is -0.138. The fourth-order valence-corrected chi connectivity index (χ4v) is 0.355. The van der Waals surface area contributed by atoms with Gasteiger partial charge >= 0.3 is 5.97 Å². The van der Waals surface area contributed by atoms with E-state index in [0.29, 0.717) is 0 Å². The monoisotopic (exact) mass is 217 g/mol. The summed E-state index contributed by atoms with van der Waals surface area (Å²) in [7, 11) is 0. The van der Waals surface area contributed by atoms with Gasteiger partial charge in [-0.05, 0) is 6.08 Å². The van der Waals surface area contributed by atoms with Crippen molar-refractivity contribution in [3.05, 3.63) is 25.3 Å². The highest BCUT2D eigenvalue weighted by atomic mass is 16.5. The second-order valence-electron chi connectivity index (χ2n) is 2.00. The molecule has 0 aromatic heterocycles. The Balaban J connectivity index is 0. The Morgan fingerprint density at radius 1 is 1.27 bits per heavy atom. The maximum absolute atomic E-state index is 10.1. The van der Waals surface area contributed by atoms with Crippen LogP contribution in [0, 0.1) is 0 Å². The Morgan fingerprint density at radius 2 is 1.87 bits per heavy atom. The predicted molar refractivity (Wildman–Crippen MR) is 53.7 cm³/mol. The van der Waals surface area contributed by atoms with E-state index in [4.69, 9.17) is 10.2 Å². The number of hydrogen-bond donors (Lipinski definition) is 3. The van der Waals surface area contributed by atoms with E-state index in [9.17, 15) is 9.59 Å². The molecule has 86 valence electrons. The molecular weight excluding hydrogens is 202 g/mol. The van der Waals surface area contributed by atoms with E-state index in [-0.39, 0.29) is 25.9 Å². The molecule has 6 heteroatoms. The summed E-state index contributed by atoms with van der Waals surface area (Å²) in [4.78, 5) is 20.1. The molecule has 15 heavy (non-hydrogen) atoms. The zero-order chi connectivity index (χ0) is 12.1. The summed E-state index contributed by atoms with van der Waals surface area (Å²) in [6, 6.07) is 0. The predicted octanol–water partition coefficient (Wildman–Crippen LogP) is -1.05. The van der Waals surface area contributed by atoms with Crippen molar-refractivity contribution in [2.24, 2.45) is 0 Å². The van der Waals surface area contributed by atoms with Gasteiger partial charge in [0.1, 0.15) is 13.3 Å². The zero-order valence-electron chi connectivity index (χ0n) is 8.31. The van der Waals surface area contributed by atoms with E-state index < -0.39 is 5.97 Å². The topological polar surface area (TPSA) is 95.9 Å². The molecule has 6 nitrogen and oxygen atoms in total. The maximum Gasteiger partial charge on any atom is 0.330 e.